The molecule has 9 heteroatoms. The predicted molar refractivity (Wildman–Crippen MR) is 111 cm³/mol. The summed E-state index contributed by atoms with van der Waals surface area (Å²) in [5, 5.41) is 1.94. The summed E-state index contributed by atoms with van der Waals surface area (Å²) in [6.45, 7) is 3.66. The van der Waals surface area contributed by atoms with Gasteiger partial charge in [-0.1, -0.05) is 12.1 Å². The highest BCUT2D eigenvalue weighted by molar-refractivity contribution is 5.52. The zero-order chi connectivity index (χ0) is 20.3. The summed E-state index contributed by atoms with van der Waals surface area (Å²) in [7, 11) is 0. The van der Waals surface area contributed by atoms with Crippen LogP contribution in [0.15, 0.2) is 64.8 Å². The molecule has 3 aromatic rings. The number of anilines is 2. The van der Waals surface area contributed by atoms with Gasteiger partial charge in [0.25, 0.3) is 0 Å². The van der Waals surface area contributed by atoms with Crippen LogP contribution in [-0.4, -0.2) is 52.3 Å². The molecule has 4 heterocycles. The second kappa shape index (κ2) is 8.03. The molecule has 2 N–H and O–H groups in total. The van der Waals surface area contributed by atoms with E-state index < -0.39 is 0 Å². The van der Waals surface area contributed by atoms with Crippen LogP contribution in [0.3, 0.4) is 0 Å². The Hall–Kier alpha value is -3.59. The van der Waals surface area contributed by atoms with Crippen LogP contribution in [0.25, 0.3) is 0 Å². The van der Waals surface area contributed by atoms with Gasteiger partial charge in [-0.15, -0.1) is 0 Å². The van der Waals surface area contributed by atoms with Gasteiger partial charge >= 0.3 is 0 Å². The van der Waals surface area contributed by atoms with Crippen molar-refractivity contribution in [1.29, 1.82) is 0 Å². The number of fused-ring (bicyclic) bond motifs is 1. The Labute approximate surface area is 173 Å². The molecule has 0 spiro atoms. The summed E-state index contributed by atoms with van der Waals surface area (Å²) in [6.07, 6.45) is 3.28. The number of ether oxygens (including phenoxy) is 1. The maximum absolute atomic E-state index is 6.00. The third kappa shape index (κ3) is 3.79. The van der Waals surface area contributed by atoms with E-state index in [1.165, 1.54) is 0 Å². The molecule has 152 valence electrons. The molecular weight excluding hydrogens is 380 g/mol. The van der Waals surface area contributed by atoms with Crippen LogP contribution < -0.4 is 26.1 Å². The molecule has 1 fully saturated rings. The van der Waals surface area contributed by atoms with Gasteiger partial charge in [-0.3, -0.25) is 4.90 Å². The average Bonchev–Trinajstić information content (AvgIpc) is 3.22. The number of nitrogens with zero attached hydrogens (tertiary/aromatic N) is 7. The van der Waals surface area contributed by atoms with Gasteiger partial charge in [0, 0.05) is 38.6 Å². The van der Waals surface area contributed by atoms with Crippen molar-refractivity contribution in [2.45, 2.75) is 12.9 Å². The largest absolute Gasteiger partial charge is 0.483 e. The third-order valence-corrected chi connectivity index (χ3v) is 5.19. The number of benzene rings is 1. The van der Waals surface area contributed by atoms with E-state index in [1.54, 1.807) is 18.5 Å². The number of pyridine rings is 1. The number of hydrogen-bond donors (Lipinski definition) is 1. The van der Waals surface area contributed by atoms with Crippen molar-refractivity contribution < 1.29 is 4.74 Å². The highest BCUT2D eigenvalue weighted by Gasteiger charge is 2.26. The first-order valence-corrected chi connectivity index (χ1v) is 9.91. The smallest absolute Gasteiger partial charge is 0.220 e. The van der Waals surface area contributed by atoms with E-state index in [-0.39, 0.29) is 12.2 Å². The van der Waals surface area contributed by atoms with E-state index in [9.17, 15) is 0 Å². The van der Waals surface area contributed by atoms with Crippen LogP contribution in [0.2, 0.25) is 0 Å². The predicted octanol–water partition coefficient (Wildman–Crippen LogP) is 0.391. The molecule has 30 heavy (non-hydrogen) atoms. The lowest BCUT2D eigenvalue weighted by atomic mass is 10.3. The van der Waals surface area contributed by atoms with E-state index in [0.29, 0.717) is 6.61 Å². The Morgan fingerprint density at radius 3 is 2.40 bits per heavy atom. The Morgan fingerprint density at radius 2 is 1.67 bits per heavy atom. The van der Waals surface area contributed by atoms with Gasteiger partial charge in [-0.05, 0) is 30.3 Å². The maximum atomic E-state index is 6.00. The fourth-order valence-corrected chi connectivity index (χ4v) is 3.67. The van der Waals surface area contributed by atoms with Crippen molar-refractivity contribution in [3.8, 4) is 5.75 Å². The number of nitrogen functional groups attached to an aromatic ring is 1. The minimum Gasteiger partial charge on any atom is -0.483 e. The molecule has 0 radical (unpaired) electrons. The lowest BCUT2D eigenvalue weighted by Crippen LogP contribution is -2.49. The van der Waals surface area contributed by atoms with Crippen molar-refractivity contribution in [3.63, 3.8) is 0 Å². The van der Waals surface area contributed by atoms with Gasteiger partial charge in [0.05, 0.1) is 16.4 Å². The summed E-state index contributed by atoms with van der Waals surface area (Å²) in [6, 6.07) is 13.6. The third-order valence-electron chi connectivity index (χ3n) is 5.19. The number of rotatable bonds is 5. The number of hydrogen-bond acceptors (Lipinski definition) is 9. The van der Waals surface area contributed by atoms with Gasteiger partial charge in [0.2, 0.25) is 5.95 Å². The Morgan fingerprint density at radius 1 is 0.900 bits per heavy atom. The Balaban J connectivity index is 1.25. The van der Waals surface area contributed by atoms with E-state index in [0.717, 1.165) is 54.2 Å². The molecule has 1 saturated heterocycles. The molecule has 1 aromatic carbocycles. The van der Waals surface area contributed by atoms with Crippen LogP contribution in [0, 0.1) is 0 Å². The summed E-state index contributed by atoms with van der Waals surface area (Å²) >= 11 is 0. The topological polar surface area (TPSA) is 105 Å². The van der Waals surface area contributed by atoms with Crippen molar-refractivity contribution in [3.05, 3.63) is 71.3 Å². The molecule has 2 aromatic heterocycles. The maximum Gasteiger partial charge on any atom is 0.220 e. The van der Waals surface area contributed by atoms with Crippen LogP contribution in [0.1, 0.15) is 5.69 Å². The van der Waals surface area contributed by atoms with Gasteiger partial charge in [0.1, 0.15) is 6.61 Å². The number of nitrogens with two attached hydrogens (primary N) is 1. The molecule has 2 aliphatic heterocycles. The Kier molecular flexibility index (Phi) is 4.94. The molecule has 0 amide bonds. The first-order valence-electron chi connectivity index (χ1n) is 9.91. The number of para-hydroxylation sites is 2. The van der Waals surface area contributed by atoms with E-state index in [2.05, 4.69) is 24.8 Å². The van der Waals surface area contributed by atoms with Gasteiger partial charge in [-0.25, -0.2) is 24.9 Å². The normalized spacial score (nSPS) is 16.6. The van der Waals surface area contributed by atoms with Crippen LogP contribution >= 0.6 is 0 Å². The van der Waals surface area contributed by atoms with E-state index >= 15 is 0 Å². The van der Waals surface area contributed by atoms with Gasteiger partial charge < -0.3 is 15.4 Å². The highest BCUT2D eigenvalue weighted by Crippen LogP contribution is 2.27. The second-order valence-corrected chi connectivity index (χ2v) is 7.14. The fourth-order valence-electron chi connectivity index (χ4n) is 3.67. The average molecular weight is 402 g/mol. The van der Waals surface area contributed by atoms with E-state index in [1.807, 2.05) is 36.4 Å². The molecule has 0 bridgehead atoms. The minimum atomic E-state index is -0.132. The van der Waals surface area contributed by atoms with Crippen molar-refractivity contribution in [1.82, 2.24) is 19.9 Å². The zero-order valence-corrected chi connectivity index (χ0v) is 16.4. The molecule has 0 aliphatic carbocycles. The van der Waals surface area contributed by atoms with Gasteiger partial charge in [0.15, 0.2) is 17.9 Å². The molecule has 5 rings (SSSR count). The van der Waals surface area contributed by atoms with Crippen molar-refractivity contribution in [2.75, 3.05) is 36.8 Å². The summed E-state index contributed by atoms with van der Waals surface area (Å²) in [5.74, 6) is 1.80. The first-order chi connectivity index (χ1) is 14.8. The van der Waals surface area contributed by atoms with Crippen molar-refractivity contribution >= 4 is 11.8 Å². The van der Waals surface area contributed by atoms with Crippen molar-refractivity contribution in [2.24, 2.45) is 9.98 Å². The standard InChI is InChI=1S/C21H22N8O/c22-20-24-9-7-15(25-20)14-30-18-6-3-8-23-19(18)28-10-12-29(13-11-28)21-26-16-4-1-2-5-17(16)27-21/h1-9,21H,10-14H2,(H2,22,24,25). The fraction of sp³-hybridized carbons (Fsp3) is 0.286. The summed E-state index contributed by atoms with van der Waals surface area (Å²) in [5.41, 5.74) is 6.38. The van der Waals surface area contributed by atoms with Crippen LogP contribution in [-0.2, 0) is 6.61 Å². The molecule has 9 nitrogen and oxygen atoms in total. The molecule has 0 atom stereocenters. The zero-order valence-electron chi connectivity index (χ0n) is 16.4. The van der Waals surface area contributed by atoms with Gasteiger partial charge in [-0.2, -0.15) is 0 Å². The first kappa shape index (κ1) is 18.4. The molecule has 0 saturated carbocycles. The molecule has 2 aliphatic rings. The lowest BCUT2D eigenvalue weighted by Gasteiger charge is -2.36. The molecule has 0 unspecified atom stereocenters. The Bertz CT molecular complexity index is 1120. The minimum absolute atomic E-state index is 0.132. The van der Waals surface area contributed by atoms with Crippen LogP contribution in [0.5, 0.6) is 5.75 Å². The number of piperazine rings is 1. The summed E-state index contributed by atoms with van der Waals surface area (Å²) in [4.78, 5) is 26.7. The summed E-state index contributed by atoms with van der Waals surface area (Å²) < 4.78 is 6.00. The lowest BCUT2D eigenvalue weighted by molar-refractivity contribution is 0.193. The van der Waals surface area contributed by atoms with Crippen LogP contribution in [0.4, 0.5) is 11.8 Å². The SMILES string of the molecule is Nc1nccc(COc2cccnc2N2CCN(C3N=c4ccccc4=N3)CC2)n1. The second-order valence-electron chi connectivity index (χ2n) is 7.14. The monoisotopic (exact) mass is 402 g/mol. The quantitative estimate of drug-likeness (QED) is 0.658. The van der Waals surface area contributed by atoms with E-state index in [4.69, 9.17) is 20.5 Å². The molecular formula is C21H22N8O. The number of aromatic nitrogens is 3. The highest BCUT2D eigenvalue weighted by atomic mass is 16.5.